The quantitative estimate of drug-likeness (QED) is 0.0603. The van der Waals surface area contributed by atoms with Crippen LogP contribution in [0.1, 0.15) is 227 Å². The van der Waals surface area contributed by atoms with E-state index in [1.807, 2.05) is 0 Å². The van der Waals surface area contributed by atoms with Crippen LogP contribution in [0.3, 0.4) is 0 Å². The van der Waals surface area contributed by atoms with Crippen LogP contribution in [0.15, 0.2) is 0 Å². The Bertz CT molecular complexity index is 480. The van der Waals surface area contributed by atoms with Gasteiger partial charge in [0.15, 0.2) is 0 Å². The zero-order chi connectivity index (χ0) is 34.3. The van der Waals surface area contributed by atoms with Crippen LogP contribution in [0.5, 0.6) is 0 Å². The highest BCUT2D eigenvalue weighted by molar-refractivity contribution is 4.69. The minimum absolute atomic E-state index is 1.28. The molecule has 0 heterocycles. The Morgan fingerprint density at radius 1 is 0.170 bits per heavy atom. The third kappa shape index (κ3) is 35.5. The van der Waals surface area contributed by atoms with E-state index in [0.29, 0.717) is 0 Å². The summed E-state index contributed by atoms with van der Waals surface area (Å²) in [6.45, 7) is 23.4. The first-order valence-electron chi connectivity index (χ1n) is 22.4. The zero-order valence-electron chi connectivity index (χ0n) is 33.9. The van der Waals surface area contributed by atoms with Gasteiger partial charge in [0.25, 0.3) is 0 Å². The first-order valence-corrected chi connectivity index (χ1v) is 22.4. The fraction of sp³-hybridized carbons (Fsp3) is 1.00. The van der Waals surface area contributed by atoms with Crippen molar-refractivity contribution in [3.05, 3.63) is 0 Å². The molecule has 3 heteroatoms. The highest BCUT2D eigenvalue weighted by Crippen LogP contribution is 2.12. The maximum Gasteiger partial charge on any atom is 0.0110 e. The molecule has 47 heavy (non-hydrogen) atoms. The van der Waals surface area contributed by atoms with Gasteiger partial charge in [0, 0.05) is 26.2 Å². The van der Waals surface area contributed by atoms with Gasteiger partial charge >= 0.3 is 0 Å². The number of hydrogen-bond acceptors (Lipinski definition) is 3. The van der Waals surface area contributed by atoms with E-state index in [1.54, 1.807) is 0 Å². The lowest BCUT2D eigenvalue weighted by atomic mass is 10.1. The summed E-state index contributed by atoms with van der Waals surface area (Å²) in [6.07, 6.45) is 42.4. The first kappa shape index (κ1) is 46.9. The number of rotatable bonds is 41. The second kappa shape index (κ2) is 40.3. The smallest absolute Gasteiger partial charge is 0.0110 e. The van der Waals surface area contributed by atoms with Crippen molar-refractivity contribution in [2.45, 2.75) is 227 Å². The second-order valence-corrected chi connectivity index (χ2v) is 15.4. The van der Waals surface area contributed by atoms with Gasteiger partial charge in [-0.2, -0.15) is 0 Å². The summed E-state index contributed by atoms with van der Waals surface area (Å²) in [4.78, 5) is 8.64. The molecule has 0 atom stereocenters. The highest BCUT2D eigenvalue weighted by atomic mass is 15.2. The SMILES string of the molecule is CCCCCCCCN(CCCCCCCC)CCN(CCCCCCCC)CCN(CCCCCCCC)CCCCCCCC. The van der Waals surface area contributed by atoms with Crippen molar-refractivity contribution in [2.75, 3.05) is 58.9 Å². The molecule has 0 aromatic carbocycles. The third-order valence-corrected chi connectivity index (χ3v) is 10.6. The molecule has 0 aliphatic heterocycles. The van der Waals surface area contributed by atoms with Crippen LogP contribution in [0.25, 0.3) is 0 Å². The molecule has 0 aromatic heterocycles. The van der Waals surface area contributed by atoms with Gasteiger partial charge in [0.1, 0.15) is 0 Å². The lowest BCUT2D eigenvalue weighted by Crippen LogP contribution is -2.41. The van der Waals surface area contributed by atoms with Crippen LogP contribution in [0, 0.1) is 0 Å². The summed E-state index contributed by atoms with van der Waals surface area (Å²) in [6, 6.07) is 0. The summed E-state index contributed by atoms with van der Waals surface area (Å²) in [5.74, 6) is 0. The number of nitrogens with zero attached hydrogens (tertiary/aromatic N) is 3. The molecular weight excluding hydrogens is 571 g/mol. The Kier molecular flexibility index (Phi) is 40.2. The van der Waals surface area contributed by atoms with Gasteiger partial charge in [0.2, 0.25) is 0 Å². The van der Waals surface area contributed by atoms with Crippen LogP contribution < -0.4 is 0 Å². The van der Waals surface area contributed by atoms with E-state index < -0.39 is 0 Å². The van der Waals surface area contributed by atoms with Gasteiger partial charge in [0.05, 0.1) is 0 Å². The molecule has 0 fully saturated rings. The molecule has 0 amide bonds. The molecule has 284 valence electrons. The summed E-state index contributed by atoms with van der Waals surface area (Å²) >= 11 is 0. The zero-order valence-corrected chi connectivity index (χ0v) is 33.9. The molecule has 3 nitrogen and oxygen atoms in total. The van der Waals surface area contributed by atoms with Gasteiger partial charge in [-0.25, -0.2) is 0 Å². The molecule has 0 aliphatic rings. The van der Waals surface area contributed by atoms with Crippen molar-refractivity contribution in [2.24, 2.45) is 0 Å². The van der Waals surface area contributed by atoms with Gasteiger partial charge in [-0.1, -0.05) is 195 Å². The predicted octanol–water partition coefficient (Wildman–Crippen LogP) is 13.7. The van der Waals surface area contributed by atoms with Gasteiger partial charge < -0.3 is 14.7 Å². The summed E-state index contributed by atoms with van der Waals surface area (Å²) < 4.78 is 0. The summed E-state index contributed by atoms with van der Waals surface area (Å²) in [5.41, 5.74) is 0. The van der Waals surface area contributed by atoms with Gasteiger partial charge in [-0.3, -0.25) is 0 Å². The fourth-order valence-electron chi connectivity index (χ4n) is 7.15. The van der Waals surface area contributed by atoms with E-state index >= 15 is 0 Å². The molecule has 0 saturated carbocycles. The van der Waals surface area contributed by atoms with Crippen molar-refractivity contribution in [3.63, 3.8) is 0 Å². The van der Waals surface area contributed by atoms with Crippen molar-refractivity contribution < 1.29 is 0 Å². The molecule has 0 unspecified atom stereocenters. The largest absolute Gasteiger partial charge is 0.302 e. The summed E-state index contributed by atoms with van der Waals surface area (Å²) in [5, 5.41) is 0. The number of unbranched alkanes of at least 4 members (excludes halogenated alkanes) is 25. The van der Waals surface area contributed by atoms with Gasteiger partial charge in [-0.15, -0.1) is 0 Å². The van der Waals surface area contributed by atoms with E-state index in [2.05, 4.69) is 49.3 Å². The molecule has 0 aliphatic carbocycles. The highest BCUT2D eigenvalue weighted by Gasteiger charge is 2.13. The molecule has 0 rings (SSSR count). The Labute approximate surface area is 300 Å². The maximum absolute atomic E-state index is 2.89. The minimum Gasteiger partial charge on any atom is -0.302 e. The normalized spacial score (nSPS) is 12.0. The predicted molar refractivity (Wildman–Crippen MR) is 216 cm³/mol. The molecule has 0 spiro atoms. The third-order valence-electron chi connectivity index (χ3n) is 10.6. The Morgan fingerprint density at radius 2 is 0.319 bits per heavy atom. The monoisotopic (exact) mass is 664 g/mol. The molecule has 0 N–H and O–H groups in total. The van der Waals surface area contributed by atoms with Crippen molar-refractivity contribution in [1.29, 1.82) is 0 Å². The van der Waals surface area contributed by atoms with Crippen LogP contribution in [0.2, 0.25) is 0 Å². The molecular formula is C44H93N3. The Balaban J connectivity index is 5.11. The van der Waals surface area contributed by atoms with Crippen molar-refractivity contribution in [3.8, 4) is 0 Å². The van der Waals surface area contributed by atoms with Gasteiger partial charge in [-0.05, 0) is 64.8 Å². The van der Waals surface area contributed by atoms with E-state index in [4.69, 9.17) is 0 Å². The van der Waals surface area contributed by atoms with Crippen molar-refractivity contribution >= 4 is 0 Å². The molecule has 0 bridgehead atoms. The van der Waals surface area contributed by atoms with Crippen molar-refractivity contribution in [1.82, 2.24) is 14.7 Å². The lowest BCUT2D eigenvalue weighted by molar-refractivity contribution is 0.167. The van der Waals surface area contributed by atoms with E-state index in [-0.39, 0.29) is 0 Å². The topological polar surface area (TPSA) is 9.72 Å². The second-order valence-electron chi connectivity index (χ2n) is 15.4. The molecule has 0 radical (unpaired) electrons. The van der Waals surface area contributed by atoms with E-state index in [1.165, 1.54) is 252 Å². The minimum atomic E-state index is 1.28. The standard InChI is InChI=1S/C44H93N3/c1-6-11-16-21-26-31-36-45(37-32-27-22-17-12-7-2)41-43-47(40-35-30-25-20-15-10-5)44-42-46(38-33-28-23-18-13-8-3)39-34-29-24-19-14-9-4/h6-44H2,1-5H3. The van der Waals surface area contributed by atoms with Crippen LogP contribution in [-0.4, -0.2) is 73.6 Å². The Morgan fingerprint density at radius 3 is 0.511 bits per heavy atom. The van der Waals surface area contributed by atoms with E-state index in [9.17, 15) is 0 Å². The van der Waals surface area contributed by atoms with Crippen LogP contribution >= 0.6 is 0 Å². The fourth-order valence-corrected chi connectivity index (χ4v) is 7.15. The molecule has 0 saturated heterocycles. The van der Waals surface area contributed by atoms with E-state index in [0.717, 1.165) is 0 Å². The average Bonchev–Trinajstić information content (AvgIpc) is 3.08. The van der Waals surface area contributed by atoms with Crippen LogP contribution in [0.4, 0.5) is 0 Å². The summed E-state index contributed by atoms with van der Waals surface area (Å²) in [7, 11) is 0. The first-order chi connectivity index (χ1) is 23.2. The lowest BCUT2D eigenvalue weighted by Gasteiger charge is -2.30. The Hall–Kier alpha value is -0.120. The average molecular weight is 664 g/mol. The van der Waals surface area contributed by atoms with Crippen LogP contribution in [-0.2, 0) is 0 Å². The maximum atomic E-state index is 2.89. The number of hydrogen-bond donors (Lipinski definition) is 0. The molecule has 0 aromatic rings.